The Bertz CT molecular complexity index is 672. The minimum atomic E-state index is -0.553. The third-order valence-corrected chi connectivity index (χ3v) is 3.66. The van der Waals surface area contributed by atoms with E-state index in [1.807, 2.05) is 45.0 Å². The number of nitrogens with zero attached hydrogens (tertiary/aromatic N) is 2. The van der Waals surface area contributed by atoms with Gasteiger partial charge in [-0.1, -0.05) is 5.92 Å². The second-order valence-electron chi connectivity index (χ2n) is 6.74. The number of anilines is 1. The topological polar surface area (TPSA) is 59.1 Å². The van der Waals surface area contributed by atoms with Crippen molar-refractivity contribution in [3.8, 4) is 11.8 Å². The molecule has 1 fully saturated rings. The molecule has 134 valence electrons. The van der Waals surface area contributed by atoms with Gasteiger partial charge in [0.15, 0.2) is 0 Å². The smallest absolute Gasteiger partial charge is 0.410 e. The van der Waals surface area contributed by atoms with Crippen molar-refractivity contribution in [2.75, 3.05) is 38.2 Å². The second kappa shape index (κ2) is 7.93. The van der Waals surface area contributed by atoms with Crippen molar-refractivity contribution in [2.24, 2.45) is 0 Å². The van der Waals surface area contributed by atoms with E-state index >= 15 is 0 Å². The van der Waals surface area contributed by atoms with Gasteiger partial charge in [0, 0.05) is 43.4 Å². The first-order valence-corrected chi connectivity index (χ1v) is 8.21. The van der Waals surface area contributed by atoms with Crippen LogP contribution >= 0.6 is 0 Å². The number of hydrogen-bond acceptors (Lipinski definition) is 5. The summed E-state index contributed by atoms with van der Waals surface area (Å²) in [5.41, 5.74) is 1.34. The first-order chi connectivity index (χ1) is 11.8. The van der Waals surface area contributed by atoms with Crippen LogP contribution in [-0.2, 0) is 14.3 Å². The van der Waals surface area contributed by atoms with Crippen LogP contribution in [0.25, 0.3) is 0 Å². The quantitative estimate of drug-likeness (QED) is 0.578. The van der Waals surface area contributed by atoms with Crippen LogP contribution in [0.4, 0.5) is 10.5 Å². The summed E-state index contributed by atoms with van der Waals surface area (Å²) in [5, 5.41) is 0. The van der Waals surface area contributed by atoms with Gasteiger partial charge in [-0.3, -0.25) is 0 Å². The maximum atomic E-state index is 12.1. The highest BCUT2D eigenvalue weighted by atomic mass is 16.6. The summed E-state index contributed by atoms with van der Waals surface area (Å²) in [6, 6.07) is 7.66. The van der Waals surface area contributed by atoms with Crippen LogP contribution in [0.1, 0.15) is 26.3 Å². The van der Waals surface area contributed by atoms with Crippen molar-refractivity contribution < 1.29 is 19.1 Å². The average molecular weight is 344 g/mol. The van der Waals surface area contributed by atoms with Crippen molar-refractivity contribution in [1.29, 1.82) is 0 Å². The van der Waals surface area contributed by atoms with E-state index in [-0.39, 0.29) is 6.09 Å². The van der Waals surface area contributed by atoms with Crippen LogP contribution in [0.5, 0.6) is 0 Å². The molecule has 6 nitrogen and oxygen atoms in total. The van der Waals surface area contributed by atoms with Crippen molar-refractivity contribution >= 4 is 17.7 Å². The van der Waals surface area contributed by atoms with E-state index in [4.69, 9.17) is 4.74 Å². The predicted molar refractivity (Wildman–Crippen MR) is 95.4 cm³/mol. The molecular formula is C19H24N2O4. The molecule has 0 unspecified atom stereocenters. The zero-order valence-corrected chi connectivity index (χ0v) is 15.2. The summed E-state index contributed by atoms with van der Waals surface area (Å²) in [5.74, 6) is 4.60. The Balaban J connectivity index is 1.91. The number of amides is 1. The Morgan fingerprint density at radius 2 is 1.64 bits per heavy atom. The molecule has 1 saturated heterocycles. The molecule has 0 spiro atoms. The highest BCUT2D eigenvalue weighted by molar-refractivity contribution is 5.89. The summed E-state index contributed by atoms with van der Waals surface area (Å²) in [4.78, 5) is 27.1. The molecule has 1 aromatic rings. The summed E-state index contributed by atoms with van der Waals surface area (Å²) in [6.45, 7) is 8.33. The van der Waals surface area contributed by atoms with Crippen molar-refractivity contribution in [3.63, 3.8) is 0 Å². The molecule has 0 saturated carbocycles. The highest BCUT2D eigenvalue weighted by Crippen LogP contribution is 2.18. The van der Waals surface area contributed by atoms with E-state index in [0.29, 0.717) is 13.1 Å². The zero-order chi connectivity index (χ0) is 18.4. The van der Waals surface area contributed by atoms with Gasteiger partial charge in [0.05, 0.1) is 7.11 Å². The number of hydrogen-bond donors (Lipinski definition) is 0. The van der Waals surface area contributed by atoms with Gasteiger partial charge >= 0.3 is 12.1 Å². The Kier molecular flexibility index (Phi) is 5.92. The molecule has 0 bridgehead atoms. The number of benzene rings is 1. The van der Waals surface area contributed by atoms with Gasteiger partial charge in [0.25, 0.3) is 0 Å². The Hall–Kier alpha value is -2.68. The van der Waals surface area contributed by atoms with E-state index in [0.717, 1.165) is 24.3 Å². The lowest BCUT2D eigenvalue weighted by atomic mass is 10.2. The van der Waals surface area contributed by atoms with Gasteiger partial charge in [-0.05, 0) is 45.0 Å². The molecule has 1 aliphatic rings. The molecule has 2 rings (SSSR count). The summed E-state index contributed by atoms with van der Waals surface area (Å²) in [6.07, 6.45) is -0.263. The molecule has 1 amide bonds. The Morgan fingerprint density at radius 1 is 1.04 bits per heavy atom. The van der Waals surface area contributed by atoms with E-state index in [2.05, 4.69) is 21.5 Å². The number of esters is 1. The molecule has 0 aliphatic carbocycles. The van der Waals surface area contributed by atoms with Gasteiger partial charge in [-0.15, -0.1) is 0 Å². The van der Waals surface area contributed by atoms with Crippen molar-refractivity contribution in [3.05, 3.63) is 29.8 Å². The third kappa shape index (κ3) is 5.71. The lowest BCUT2D eigenvalue weighted by molar-refractivity contribution is -0.133. The van der Waals surface area contributed by atoms with Crippen molar-refractivity contribution in [1.82, 2.24) is 4.90 Å². The Morgan fingerprint density at radius 3 is 2.16 bits per heavy atom. The number of carbonyl (C=O) groups excluding carboxylic acids is 2. The fourth-order valence-electron chi connectivity index (χ4n) is 2.40. The van der Waals surface area contributed by atoms with Crippen LogP contribution in [-0.4, -0.2) is 55.9 Å². The molecule has 1 aromatic carbocycles. The standard InChI is InChI=1S/C19H24N2O4/c1-19(2,3)25-18(23)21-13-11-20(12-14-21)16-8-5-15(6-9-16)7-10-17(22)24-4/h5-6,8-9H,11-14H2,1-4H3. The summed E-state index contributed by atoms with van der Waals surface area (Å²) in [7, 11) is 1.30. The highest BCUT2D eigenvalue weighted by Gasteiger charge is 2.25. The second-order valence-corrected chi connectivity index (χ2v) is 6.74. The molecule has 1 aliphatic heterocycles. The predicted octanol–water partition coefficient (Wildman–Crippen LogP) is 2.27. The van der Waals surface area contributed by atoms with Gasteiger partial charge < -0.3 is 19.3 Å². The minimum Gasteiger partial charge on any atom is -0.459 e. The summed E-state index contributed by atoms with van der Waals surface area (Å²) >= 11 is 0. The molecule has 0 aromatic heterocycles. The van der Waals surface area contributed by atoms with Gasteiger partial charge in [0.1, 0.15) is 5.60 Å². The molecule has 0 N–H and O–H groups in total. The number of ether oxygens (including phenoxy) is 2. The van der Waals surface area contributed by atoms with E-state index in [1.165, 1.54) is 7.11 Å². The SMILES string of the molecule is COC(=O)C#Cc1ccc(N2CCN(C(=O)OC(C)(C)C)CC2)cc1. The maximum Gasteiger partial charge on any atom is 0.410 e. The van der Waals surface area contributed by atoms with Crippen LogP contribution < -0.4 is 4.90 Å². The molecule has 0 radical (unpaired) electrons. The lowest BCUT2D eigenvalue weighted by Gasteiger charge is -2.36. The molecule has 25 heavy (non-hydrogen) atoms. The Labute approximate surface area is 148 Å². The number of methoxy groups -OCH3 is 1. The van der Waals surface area contributed by atoms with Crippen LogP contribution in [0.2, 0.25) is 0 Å². The number of rotatable bonds is 1. The molecule has 1 heterocycles. The van der Waals surface area contributed by atoms with Crippen LogP contribution in [0.3, 0.4) is 0 Å². The average Bonchev–Trinajstić information content (AvgIpc) is 2.59. The monoisotopic (exact) mass is 344 g/mol. The van der Waals surface area contributed by atoms with Crippen LogP contribution in [0, 0.1) is 11.8 Å². The first kappa shape index (κ1) is 18.7. The van der Waals surface area contributed by atoms with Gasteiger partial charge in [-0.25, -0.2) is 9.59 Å². The largest absolute Gasteiger partial charge is 0.459 e. The maximum absolute atomic E-state index is 12.1. The minimum absolute atomic E-state index is 0.263. The fourth-order valence-corrected chi connectivity index (χ4v) is 2.40. The fraction of sp³-hybridized carbons (Fsp3) is 0.474. The van der Waals surface area contributed by atoms with E-state index in [9.17, 15) is 9.59 Å². The van der Waals surface area contributed by atoms with Crippen molar-refractivity contribution in [2.45, 2.75) is 26.4 Å². The van der Waals surface area contributed by atoms with Gasteiger partial charge in [-0.2, -0.15) is 0 Å². The van der Waals surface area contributed by atoms with Gasteiger partial charge in [0.2, 0.25) is 0 Å². The van der Waals surface area contributed by atoms with E-state index < -0.39 is 11.6 Å². The molecular weight excluding hydrogens is 320 g/mol. The zero-order valence-electron chi connectivity index (χ0n) is 15.2. The van der Waals surface area contributed by atoms with E-state index in [1.54, 1.807) is 4.90 Å². The normalized spacial score (nSPS) is 14.4. The summed E-state index contributed by atoms with van der Waals surface area (Å²) < 4.78 is 9.89. The first-order valence-electron chi connectivity index (χ1n) is 8.21. The number of piperazine rings is 1. The molecule has 0 atom stereocenters. The number of carbonyl (C=O) groups is 2. The lowest BCUT2D eigenvalue weighted by Crippen LogP contribution is -2.50. The third-order valence-electron chi connectivity index (χ3n) is 3.66. The van der Waals surface area contributed by atoms with Crippen LogP contribution in [0.15, 0.2) is 24.3 Å². The molecule has 6 heteroatoms.